The molecule has 9 heteroatoms. The Morgan fingerprint density at radius 3 is 2.18 bits per heavy atom. The summed E-state index contributed by atoms with van der Waals surface area (Å²) < 4.78 is 30.0. The van der Waals surface area contributed by atoms with Crippen LogP contribution in [-0.4, -0.2) is 54.7 Å². The fourth-order valence-electron chi connectivity index (χ4n) is 3.64. The summed E-state index contributed by atoms with van der Waals surface area (Å²) in [7, 11) is -3.62. The van der Waals surface area contributed by atoms with Gasteiger partial charge in [0.25, 0.3) is 7.37 Å². The van der Waals surface area contributed by atoms with E-state index in [1.54, 1.807) is 12.1 Å². The standard InChI is InChI=1S/C23H27O8P.C2H6/c1-15-3-5-20-18(11-15)19-12-16(2)4-6-21(19)32(28,31-20)14-17(23(27)30-10-8-25)13-22(26)29-9-7-24;1-2/h3-6,11-12,17,24-25H,7-10,13-14H2,1-2H3;1-2H3. The zero-order chi connectivity index (χ0) is 25.3. The molecule has 2 aromatic carbocycles. The van der Waals surface area contributed by atoms with Gasteiger partial charge in [-0.2, -0.15) is 0 Å². The van der Waals surface area contributed by atoms with E-state index in [2.05, 4.69) is 0 Å². The maximum absolute atomic E-state index is 14.1. The number of aryl methyl sites for hydroxylation is 2. The predicted molar refractivity (Wildman–Crippen MR) is 130 cm³/mol. The number of carbonyl (C=O) groups is 2. The average Bonchev–Trinajstić information content (AvgIpc) is 2.82. The van der Waals surface area contributed by atoms with E-state index in [0.29, 0.717) is 11.1 Å². The molecule has 0 aromatic heterocycles. The molecule has 0 aliphatic carbocycles. The van der Waals surface area contributed by atoms with E-state index in [1.807, 2.05) is 52.0 Å². The Bertz CT molecular complexity index is 1050. The number of hydrogen-bond acceptors (Lipinski definition) is 8. The van der Waals surface area contributed by atoms with Crippen LogP contribution in [0, 0.1) is 19.8 Å². The molecule has 34 heavy (non-hydrogen) atoms. The SMILES string of the molecule is CC.Cc1ccc2c(c1)-c1cc(C)ccc1P(=O)(CC(CC(=O)OCCO)C(=O)OCCO)O2. The number of ether oxygens (including phenoxy) is 2. The molecule has 0 fully saturated rings. The van der Waals surface area contributed by atoms with Gasteiger partial charge in [0.15, 0.2) is 0 Å². The van der Waals surface area contributed by atoms with Gasteiger partial charge in [0.2, 0.25) is 0 Å². The summed E-state index contributed by atoms with van der Waals surface area (Å²) in [5.41, 5.74) is 3.59. The van der Waals surface area contributed by atoms with Crippen molar-refractivity contribution in [1.82, 2.24) is 0 Å². The van der Waals surface area contributed by atoms with E-state index in [4.69, 9.17) is 24.2 Å². The van der Waals surface area contributed by atoms with Crippen molar-refractivity contribution in [3.63, 3.8) is 0 Å². The molecule has 1 aliphatic heterocycles. The predicted octanol–water partition coefficient (Wildman–Crippen LogP) is 3.37. The molecule has 0 amide bonds. The van der Waals surface area contributed by atoms with Crippen LogP contribution in [0.3, 0.4) is 0 Å². The Kier molecular flexibility index (Phi) is 10.3. The molecular weight excluding hydrogens is 459 g/mol. The molecule has 0 bridgehead atoms. The highest BCUT2D eigenvalue weighted by Crippen LogP contribution is 2.56. The van der Waals surface area contributed by atoms with Gasteiger partial charge in [-0.25, -0.2) is 0 Å². The molecule has 1 aliphatic rings. The third kappa shape index (κ3) is 6.69. The molecule has 0 spiro atoms. The van der Waals surface area contributed by atoms with Gasteiger partial charge in [-0.05, 0) is 37.6 Å². The Labute approximate surface area is 200 Å². The molecule has 0 radical (unpaired) electrons. The Morgan fingerprint density at radius 1 is 0.941 bits per heavy atom. The van der Waals surface area contributed by atoms with Crippen molar-refractivity contribution >= 4 is 24.6 Å². The molecule has 1 heterocycles. The van der Waals surface area contributed by atoms with E-state index < -0.39 is 25.2 Å². The van der Waals surface area contributed by atoms with Gasteiger partial charge in [0.05, 0.1) is 37.0 Å². The number of esters is 2. The Morgan fingerprint density at radius 2 is 1.53 bits per heavy atom. The van der Waals surface area contributed by atoms with Crippen LogP contribution in [0.2, 0.25) is 0 Å². The fraction of sp³-hybridized carbons (Fsp3) is 0.440. The highest BCUT2D eigenvalue weighted by molar-refractivity contribution is 7.67. The van der Waals surface area contributed by atoms with Crippen LogP contribution in [0.25, 0.3) is 11.1 Å². The zero-order valence-electron chi connectivity index (χ0n) is 20.1. The minimum absolute atomic E-state index is 0.208. The topological polar surface area (TPSA) is 119 Å². The van der Waals surface area contributed by atoms with Gasteiger partial charge >= 0.3 is 11.9 Å². The third-order valence-corrected chi connectivity index (χ3v) is 7.62. The molecule has 8 nitrogen and oxygen atoms in total. The summed E-state index contributed by atoms with van der Waals surface area (Å²) in [6.07, 6.45) is -0.658. The third-order valence-electron chi connectivity index (χ3n) is 5.09. The lowest BCUT2D eigenvalue weighted by atomic mass is 10.0. The first-order valence-corrected chi connectivity index (χ1v) is 13.1. The van der Waals surface area contributed by atoms with Crippen LogP contribution in [0.15, 0.2) is 36.4 Å². The van der Waals surface area contributed by atoms with E-state index in [9.17, 15) is 14.2 Å². The van der Waals surface area contributed by atoms with Crippen molar-refractivity contribution in [2.24, 2.45) is 5.92 Å². The second-order valence-corrected chi connectivity index (χ2v) is 10.1. The minimum atomic E-state index is -3.62. The van der Waals surface area contributed by atoms with Crippen molar-refractivity contribution in [2.45, 2.75) is 34.1 Å². The molecule has 2 atom stereocenters. The first-order valence-electron chi connectivity index (χ1n) is 11.3. The Balaban J connectivity index is 0.00000199. The number of carbonyl (C=O) groups excluding carboxylic acids is 2. The number of rotatable bonds is 9. The number of aliphatic hydroxyl groups is 2. The summed E-state index contributed by atoms with van der Waals surface area (Å²) in [5.74, 6) is -2.17. The summed E-state index contributed by atoms with van der Waals surface area (Å²) in [4.78, 5) is 24.8. The van der Waals surface area contributed by atoms with Crippen molar-refractivity contribution in [3.8, 4) is 16.9 Å². The normalized spacial score (nSPS) is 16.6. The highest BCUT2D eigenvalue weighted by Gasteiger charge is 2.41. The van der Waals surface area contributed by atoms with Gasteiger partial charge in [0.1, 0.15) is 19.0 Å². The quantitative estimate of drug-likeness (QED) is 0.404. The van der Waals surface area contributed by atoms with Gasteiger partial charge in [0, 0.05) is 5.56 Å². The maximum Gasteiger partial charge on any atom is 0.310 e. The van der Waals surface area contributed by atoms with Crippen molar-refractivity contribution in [3.05, 3.63) is 47.5 Å². The summed E-state index contributed by atoms with van der Waals surface area (Å²) >= 11 is 0. The van der Waals surface area contributed by atoms with Gasteiger partial charge < -0.3 is 24.2 Å². The molecule has 186 valence electrons. The first-order chi connectivity index (χ1) is 16.3. The van der Waals surface area contributed by atoms with E-state index in [-0.39, 0.29) is 39.0 Å². The van der Waals surface area contributed by atoms with Gasteiger partial charge in [-0.3, -0.25) is 14.2 Å². The summed E-state index contributed by atoms with van der Waals surface area (Å²) in [6, 6.07) is 11.0. The average molecular weight is 493 g/mol. The number of fused-ring (bicyclic) bond motifs is 3. The van der Waals surface area contributed by atoms with Crippen molar-refractivity contribution in [2.75, 3.05) is 32.6 Å². The highest BCUT2D eigenvalue weighted by atomic mass is 31.2. The molecule has 2 N–H and O–H groups in total. The molecule has 2 unspecified atom stereocenters. The Hall–Kier alpha value is -2.67. The zero-order valence-corrected chi connectivity index (χ0v) is 21.0. The lowest BCUT2D eigenvalue weighted by Crippen LogP contribution is -2.30. The molecule has 2 aromatic rings. The van der Waals surface area contributed by atoms with Crippen LogP contribution in [-0.2, 0) is 23.6 Å². The monoisotopic (exact) mass is 492 g/mol. The number of aliphatic hydroxyl groups excluding tert-OH is 2. The molecular formula is C25H33O8P. The van der Waals surface area contributed by atoms with Crippen LogP contribution >= 0.6 is 7.37 Å². The van der Waals surface area contributed by atoms with Crippen LogP contribution in [0.5, 0.6) is 5.75 Å². The number of benzene rings is 2. The van der Waals surface area contributed by atoms with E-state index >= 15 is 0 Å². The van der Waals surface area contributed by atoms with Crippen LogP contribution in [0.1, 0.15) is 31.4 Å². The van der Waals surface area contributed by atoms with E-state index in [1.165, 1.54) is 0 Å². The molecule has 3 rings (SSSR count). The maximum atomic E-state index is 14.1. The second kappa shape index (κ2) is 12.7. The fourth-order valence-corrected chi connectivity index (χ4v) is 6.20. The molecule has 0 saturated carbocycles. The van der Waals surface area contributed by atoms with Crippen molar-refractivity contribution in [1.29, 1.82) is 0 Å². The summed E-state index contributed by atoms with van der Waals surface area (Å²) in [5, 5.41) is 18.3. The first kappa shape index (κ1) is 27.6. The van der Waals surface area contributed by atoms with Crippen molar-refractivity contribution < 1.29 is 38.4 Å². The lowest BCUT2D eigenvalue weighted by molar-refractivity contribution is -0.155. The summed E-state index contributed by atoms with van der Waals surface area (Å²) in [6.45, 7) is 6.70. The van der Waals surface area contributed by atoms with Gasteiger partial charge in [-0.15, -0.1) is 0 Å². The smallest absolute Gasteiger partial charge is 0.310 e. The van der Waals surface area contributed by atoms with Crippen LogP contribution < -0.4 is 9.83 Å². The lowest BCUT2D eigenvalue weighted by Gasteiger charge is -2.31. The molecule has 0 saturated heterocycles. The van der Waals surface area contributed by atoms with E-state index in [0.717, 1.165) is 22.3 Å². The minimum Gasteiger partial charge on any atom is -0.463 e. The van der Waals surface area contributed by atoms with Crippen LogP contribution in [0.4, 0.5) is 0 Å². The largest absolute Gasteiger partial charge is 0.463 e. The number of hydrogen-bond donors (Lipinski definition) is 2. The second-order valence-electron chi connectivity index (χ2n) is 7.70. The van der Waals surface area contributed by atoms with Gasteiger partial charge in [-0.1, -0.05) is 43.2 Å².